The third kappa shape index (κ3) is 3.34. The summed E-state index contributed by atoms with van der Waals surface area (Å²) in [5.41, 5.74) is 6.77. The van der Waals surface area contributed by atoms with Crippen molar-refractivity contribution >= 4 is 11.9 Å². The van der Waals surface area contributed by atoms with Gasteiger partial charge in [-0.15, -0.1) is 0 Å². The fraction of sp³-hybridized carbons (Fsp3) is 0.556. The smallest absolute Gasteiger partial charge is 0.308 e. The fourth-order valence-electron chi connectivity index (χ4n) is 3.85. The predicted octanol–water partition coefficient (Wildman–Crippen LogP) is 0.585. The molecule has 0 aliphatic carbocycles. The Labute approximate surface area is 152 Å². The van der Waals surface area contributed by atoms with Gasteiger partial charge in [0.25, 0.3) is 0 Å². The number of amides is 1. The Morgan fingerprint density at radius 3 is 2.54 bits per heavy atom. The summed E-state index contributed by atoms with van der Waals surface area (Å²) in [6, 6.07) is 5.30. The van der Waals surface area contributed by atoms with Crippen LogP contribution < -0.4 is 20.3 Å². The lowest BCUT2D eigenvalue weighted by atomic mass is 9.88. The van der Waals surface area contributed by atoms with Gasteiger partial charge in [0.1, 0.15) is 6.04 Å². The highest BCUT2D eigenvalue weighted by Gasteiger charge is 2.44. The predicted molar refractivity (Wildman–Crippen MR) is 94.1 cm³/mol. The number of ether oxygens (including phenoxy) is 2. The molecule has 1 aromatic carbocycles. The second kappa shape index (κ2) is 7.51. The number of hydrogen-bond donors (Lipinski definition) is 3. The molecule has 8 nitrogen and oxygen atoms in total. The first-order valence-electron chi connectivity index (χ1n) is 8.69. The minimum Gasteiger partial charge on any atom is -0.493 e. The molecule has 0 radical (unpaired) electrons. The normalized spacial score (nSPS) is 28.2. The second-order valence-electron chi connectivity index (χ2n) is 6.86. The number of methoxy groups -OCH3 is 2. The van der Waals surface area contributed by atoms with E-state index in [2.05, 4.69) is 10.9 Å². The largest absolute Gasteiger partial charge is 0.493 e. The van der Waals surface area contributed by atoms with Crippen molar-refractivity contribution in [1.29, 1.82) is 0 Å². The number of para-hydroxylation sites is 1. The summed E-state index contributed by atoms with van der Waals surface area (Å²) in [6.45, 7) is 2.52. The van der Waals surface area contributed by atoms with Crippen molar-refractivity contribution in [3.8, 4) is 11.5 Å². The van der Waals surface area contributed by atoms with Gasteiger partial charge >= 0.3 is 5.97 Å². The lowest BCUT2D eigenvalue weighted by Gasteiger charge is -2.21. The van der Waals surface area contributed by atoms with Crippen LogP contribution in [0.25, 0.3) is 0 Å². The van der Waals surface area contributed by atoms with E-state index in [0.29, 0.717) is 24.5 Å². The van der Waals surface area contributed by atoms with Gasteiger partial charge in [-0.05, 0) is 19.4 Å². The molecule has 142 valence electrons. The van der Waals surface area contributed by atoms with Crippen LogP contribution in [0.2, 0.25) is 0 Å². The minimum atomic E-state index is -0.916. The molecule has 8 heteroatoms. The molecule has 2 saturated heterocycles. The van der Waals surface area contributed by atoms with E-state index in [1.54, 1.807) is 18.1 Å². The molecule has 0 aromatic heterocycles. The molecule has 0 spiro atoms. The number of carboxylic acids is 1. The molecule has 0 bridgehead atoms. The number of hydrogen-bond acceptors (Lipinski definition) is 6. The van der Waals surface area contributed by atoms with Crippen LogP contribution >= 0.6 is 0 Å². The summed E-state index contributed by atoms with van der Waals surface area (Å²) in [6.07, 6.45) is 0.681. The number of rotatable bonds is 5. The summed E-state index contributed by atoms with van der Waals surface area (Å²) in [5.74, 6) is -0.956. The van der Waals surface area contributed by atoms with Gasteiger partial charge in [0, 0.05) is 30.6 Å². The van der Waals surface area contributed by atoms with Gasteiger partial charge < -0.3 is 19.5 Å². The van der Waals surface area contributed by atoms with E-state index in [4.69, 9.17) is 9.47 Å². The molecule has 2 heterocycles. The number of aliphatic carboxylic acids is 1. The lowest BCUT2D eigenvalue weighted by Crippen LogP contribution is -2.45. The SMILES string of the molecule is COc1cccc([C@H]2CN(C(=O)C3CC(C)NN3)C[C@@H]2C(=O)O)c1OC. The Balaban J connectivity index is 1.87. The Morgan fingerprint density at radius 1 is 1.19 bits per heavy atom. The van der Waals surface area contributed by atoms with E-state index in [-0.39, 0.29) is 30.5 Å². The van der Waals surface area contributed by atoms with E-state index in [9.17, 15) is 14.7 Å². The molecule has 26 heavy (non-hydrogen) atoms. The summed E-state index contributed by atoms with van der Waals surface area (Å²) < 4.78 is 10.8. The van der Waals surface area contributed by atoms with Crippen molar-refractivity contribution in [1.82, 2.24) is 15.8 Å². The Bertz CT molecular complexity index is 695. The number of nitrogens with zero attached hydrogens (tertiary/aromatic N) is 1. The minimum absolute atomic E-state index is 0.0718. The summed E-state index contributed by atoms with van der Waals surface area (Å²) >= 11 is 0. The standard InChI is InChI=1S/C18H25N3O5/c1-10-7-14(20-19-10)17(22)21-8-12(13(9-21)18(23)24)11-5-4-6-15(25-2)16(11)26-3/h4-6,10,12-14,19-20H,7-9H2,1-3H3,(H,23,24)/t10?,12-,13+,14?/m1/s1. The lowest BCUT2D eigenvalue weighted by molar-refractivity contribution is -0.142. The zero-order valence-corrected chi connectivity index (χ0v) is 15.2. The van der Waals surface area contributed by atoms with Crippen molar-refractivity contribution in [2.24, 2.45) is 5.92 Å². The third-order valence-corrected chi connectivity index (χ3v) is 5.17. The zero-order valence-electron chi connectivity index (χ0n) is 15.2. The van der Waals surface area contributed by atoms with Gasteiger partial charge in [0.15, 0.2) is 11.5 Å². The molecule has 3 rings (SSSR count). The number of likely N-dealkylation sites (tertiary alicyclic amines) is 1. The van der Waals surface area contributed by atoms with Gasteiger partial charge in [-0.1, -0.05) is 12.1 Å². The van der Waals surface area contributed by atoms with E-state index in [1.165, 1.54) is 7.11 Å². The average molecular weight is 363 g/mol. The van der Waals surface area contributed by atoms with Crippen LogP contribution in [0.5, 0.6) is 11.5 Å². The molecule has 3 N–H and O–H groups in total. The quantitative estimate of drug-likeness (QED) is 0.704. The van der Waals surface area contributed by atoms with Crippen molar-refractivity contribution in [2.45, 2.75) is 31.3 Å². The summed E-state index contributed by atoms with van der Waals surface area (Å²) in [7, 11) is 3.07. The Morgan fingerprint density at radius 2 is 1.96 bits per heavy atom. The number of carbonyl (C=O) groups excluding carboxylic acids is 1. The number of carbonyl (C=O) groups is 2. The van der Waals surface area contributed by atoms with Crippen molar-refractivity contribution in [3.63, 3.8) is 0 Å². The monoisotopic (exact) mass is 363 g/mol. The van der Waals surface area contributed by atoms with E-state index in [0.717, 1.165) is 5.56 Å². The van der Waals surface area contributed by atoms with Crippen LogP contribution in [0.3, 0.4) is 0 Å². The first-order chi connectivity index (χ1) is 12.5. The molecular weight excluding hydrogens is 338 g/mol. The van der Waals surface area contributed by atoms with Crippen LogP contribution in [0.15, 0.2) is 18.2 Å². The molecule has 1 aromatic rings. The first-order valence-corrected chi connectivity index (χ1v) is 8.69. The zero-order chi connectivity index (χ0) is 18.8. The van der Waals surface area contributed by atoms with Crippen LogP contribution in [-0.2, 0) is 9.59 Å². The van der Waals surface area contributed by atoms with Gasteiger partial charge in [-0.25, -0.2) is 5.43 Å². The maximum atomic E-state index is 12.8. The Kier molecular flexibility index (Phi) is 5.33. The highest BCUT2D eigenvalue weighted by Crippen LogP contribution is 2.42. The fourth-order valence-corrected chi connectivity index (χ4v) is 3.85. The van der Waals surface area contributed by atoms with Crippen LogP contribution in [-0.4, -0.2) is 61.3 Å². The first kappa shape index (κ1) is 18.5. The summed E-state index contributed by atoms with van der Waals surface area (Å²) in [5, 5.41) is 9.70. The number of benzene rings is 1. The highest BCUT2D eigenvalue weighted by atomic mass is 16.5. The number of nitrogens with one attached hydrogen (secondary N) is 2. The maximum Gasteiger partial charge on any atom is 0.308 e. The molecule has 2 aliphatic rings. The van der Waals surface area contributed by atoms with Gasteiger partial charge in [0.2, 0.25) is 5.91 Å². The third-order valence-electron chi connectivity index (χ3n) is 5.17. The maximum absolute atomic E-state index is 12.8. The topological polar surface area (TPSA) is 100 Å². The average Bonchev–Trinajstić information content (AvgIpc) is 3.27. The van der Waals surface area contributed by atoms with E-state index in [1.807, 2.05) is 19.1 Å². The van der Waals surface area contributed by atoms with Gasteiger partial charge in [-0.3, -0.25) is 15.0 Å². The van der Waals surface area contributed by atoms with Crippen molar-refractivity contribution in [3.05, 3.63) is 23.8 Å². The Hall–Kier alpha value is -2.32. The van der Waals surface area contributed by atoms with E-state index >= 15 is 0 Å². The van der Waals surface area contributed by atoms with Crippen molar-refractivity contribution < 1.29 is 24.2 Å². The molecular formula is C18H25N3O5. The highest BCUT2D eigenvalue weighted by molar-refractivity contribution is 5.84. The molecule has 4 atom stereocenters. The summed E-state index contributed by atoms with van der Waals surface area (Å²) in [4.78, 5) is 26.3. The van der Waals surface area contributed by atoms with Crippen LogP contribution in [0, 0.1) is 5.92 Å². The number of carboxylic acid groups (broad SMARTS) is 1. The van der Waals surface area contributed by atoms with Crippen LogP contribution in [0.1, 0.15) is 24.8 Å². The molecule has 2 unspecified atom stereocenters. The molecule has 2 fully saturated rings. The molecule has 2 aliphatic heterocycles. The molecule has 0 saturated carbocycles. The molecule has 1 amide bonds. The van der Waals surface area contributed by atoms with Gasteiger partial charge in [0.05, 0.1) is 20.1 Å². The van der Waals surface area contributed by atoms with E-state index < -0.39 is 11.9 Å². The number of hydrazine groups is 1. The van der Waals surface area contributed by atoms with Gasteiger partial charge in [-0.2, -0.15) is 0 Å². The van der Waals surface area contributed by atoms with Crippen molar-refractivity contribution in [2.75, 3.05) is 27.3 Å². The van der Waals surface area contributed by atoms with Crippen LogP contribution in [0.4, 0.5) is 0 Å². The second-order valence-corrected chi connectivity index (χ2v) is 6.86.